The van der Waals surface area contributed by atoms with E-state index in [9.17, 15) is 0 Å². The molecule has 0 saturated carbocycles. The molecule has 0 aliphatic heterocycles. The van der Waals surface area contributed by atoms with Gasteiger partial charge in [-0.2, -0.15) is 0 Å². The Hall–Kier alpha value is -1.04. The predicted octanol–water partition coefficient (Wildman–Crippen LogP) is 3.60. The first-order valence-electron chi connectivity index (χ1n) is 5.96. The fraction of sp³-hybridized carbons (Fsp3) is 0.286. The number of methoxy groups -OCH3 is 1. The average Bonchev–Trinajstić information content (AvgIpc) is 2.90. The maximum absolute atomic E-state index is 5.84. The van der Waals surface area contributed by atoms with Crippen molar-refractivity contribution in [3.8, 4) is 11.5 Å². The van der Waals surface area contributed by atoms with E-state index in [1.165, 1.54) is 4.88 Å². The van der Waals surface area contributed by atoms with Crippen LogP contribution in [0.15, 0.2) is 34.1 Å². The van der Waals surface area contributed by atoms with Crippen LogP contribution < -0.4 is 15.2 Å². The monoisotopic (exact) mass is 341 g/mol. The molecule has 2 rings (SSSR count). The van der Waals surface area contributed by atoms with E-state index in [4.69, 9.17) is 15.2 Å². The second-order valence-corrected chi connectivity index (χ2v) is 5.90. The molecule has 2 aromatic rings. The molecule has 0 radical (unpaired) electrons. The zero-order valence-electron chi connectivity index (χ0n) is 10.7. The first kappa shape index (κ1) is 14.4. The third kappa shape index (κ3) is 3.72. The molecule has 19 heavy (non-hydrogen) atoms. The number of nitrogens with two attached hydrogens (primary N) is 1. The van der Waals surface area contributed by atoms with Crippen LogP contribution in [0.4, 0.5) is 0 Å². The van der Waals surface area contributed by atoms with Crippen molar-refractivity contribution >= 4 is 27.3 Å². The van der Waals surface area contributed by atoms with Gasteiger partial charge in [0.1, 0.15) is 6.61 Å². The molecule has 0 aliphatic rings. The molecular formula is C14H16BrNO2S. The van der Waals surface area contributed by atoms with Gasteiger partial charge in [-0.05, 0) is 58.0 Å². The summed E-state index contributed by atoms with van der Waals surface area (Å²) in [6.07, 6.45) is 0.820. The van der Waals surface area contributed by atoms with E-state index >= 15 is 0 Å². The van der Waals surface area contributed by atoms with Gasteiger partial charge in [-0.1, -0.05) is 6.07 Å². The summed E-state index contributed by atoms with van der Waals surface area (Å²) in [6.45, 7) is 1.16. The predicted molar refractivity (Wildman–Crippen MR) is 82.1 cm³/mol. The van der Waals surface area contributed by atoms with E-state index in [2.05, 4.69) is 15.9 Å². The lowest BCUT2D eigenvalue weighted by atomic mass is 10.1. The fourth-order valence-electron chi connectivity index (χ4n) is 1.76. The lowest BCUT2D eigenvalue weighted by molar-refractivity contribution is 0.285. The first-order valence-corrected chi connectivity index (χ1v) is 7.63. The van der Waals surface area contributed by atoms with E-state index in [-0.39, 0.29) is 0 Å². The van der Waals surface area contributed by atoms with Crippen LogP contribution in [-0.4, -0.2) is 13.7 Å². The molecular weight excluding hydrogens is 326 g/mol. The minimum absolute atomic E-state index is 0.545. The van der Waals surface area contributed by atoms with Crippen LogP contribution in [0.3, 0.4) is 0 Å². The lowest BCUT2D eigenvalue weighted by Gasteiger charge is -2.13. The van der Waals surface area contributed by atoms with Gasteiger partial charge in [0.15, 0.2) is 11.5 Å². The van der Waals surface area contributed by atoms with E-state index in [1.54, 1.807) is 18.4 Å². The molecule has 5 heteroatoms. The van der Waals surface area contributed by atoms with Crippen LogP contribution in [0, 0.1) is 0 Å². The Labute approximate surface area is 125 Å². The summed E-state index contributed by atoms with van der Waals surface area (Å²) in [5, 5.41) is 2.04. The minimum atomic E-state index is 0.545. The molecule has 0 saturated heterocycles. The Morgan fingerprint density at radius 3 is 2.84 bits per heavy atom. The van der Waals surface area contributed by atoms with Gasteiger partial charge < -0.3 is 15.2 Å². The number of hydrogen-bond acceptors (Lipinski definition) is 4. The highest BCUT2D eigenvalue weighted by Gasteiger charge is 2.12. The standard InChI is InChI=1S/C14H16BrNO2S/c1-17-13-8-10(4-5-16)7-12(15)14(13)18-9-11-3-2-6-19-11/h2-3,6-8H,4-5,9,16H2,1H3. The van der Waals surface area contributed by atoms with Crippen molar-refractivity contribution in [2.75, 3.05) is 13.7 Å². The van der Waals surface area contributed by atoms with Crippen LogP contribution in [0.25, 0.3) is 0 Å². The minimum Gasteiger partial charge on any atom is -0.493 e. The van der Waals surface area contributed by atoms with Crippen LogP contribution in [0.2, 0.25) is 0 Å². The number of halogens is 1. The van der Waals surface area contributed by atoms with Gasteiger partial charge in [-0.15, -0.1) is 11.3 Å². The zero-order chi connectivity index (χ0) is 13.7. The molecule has 0 aliphatic carbocycles. The first-order chi connectivity index (χ1) is 9.24. The number of ether oxygens (including phenoxy) is 2. The molecule has 1 aromatic carbocycles. The number of benzene rings is 1. The second-order valence-electron chi connectivity index (χ2n) is 4.02. The Morgan fingerprint density at radius 1 is 1.37 bits per heavy atom. The van der Waals surface area contributed by atoms with Gasteiger partial charge in [0.05, 0.1) is 11.6 Å². The highest BCUT2D eigenvalue weighted by atomic mass is 79.9. The molecule has 1 heterocycles. The Kier molecular flexibility index (Phi) is 5.24. The number of rotatable bonds is 6. The average molecular weight is 342 g/mol. The Bertz CT molecular complexity index is 528. The summed E-state index contributed by atoms with van der Waals surface area (Å²) in [5.41, 5.74) is 6.71. The highest BCUT2D eigenvalue weighted by Crippen LogP contribution is 2.37. The Balaban J connectivity index is 2.18. The summed E-state index contributed by atoms with van der Waals surface area (Å²) in [5.74, 6) is 1.46. The normalized spacial score (nSPS) is 10.5. The SMILES string of the molecule is COc1cc(CCN)cc(Br)c1OCc1cccs1. The highest BCUT2D eigenvalue weighted by molar-refractivity contribution is 9.10. The third-order valence-electron chi connectivity index (χ3n) is 2.66. The van der Waals surface area contributed by atoms with Crippen LogP contribution in [0.5, 0.6) is 11.5 Å². The third-order valence-corrected chi connectivity index (χ3v) is 4.10. The summed E-state index contributed by atoms with van der Waals surface area (Å²) >= 11 is 5.21. The molecule has 102 valence electrons. The summed E-state index contributed by atoms with van der Waals surface area (Å²) in [6, 6.07) is 8.06. The van der Waals surface area contributed by atoms with Crippen LogP contribution in [0.1, 0.15) is 10.4 Å². The lowest BCUT2D eigenvalue weighted by Crippen LogP contribution is -2.04. The van der Waals surface area contributed by atoms with Gasteiger partial charge in [0, 0.05) is 4.88 Å². The van der Waals surface area contributed by atoms with Crippen molar-refractivity contribution in [1.82, 2.24) is 0 Å². The van der Waals surface area contributed by atoms with Crippen LogP contribution in [-0.2, 0) is 13.0 Å². The quantitative estimate of drug-likeness (QED) is 0.872. The van der Waals surface area contributed by atoms with Gasteiger partial charge >= 0.3 is 0 Å². The van der Waals surface area contributed by atoms with Crippen LogP contribution >= 0.6 is 27.3 Å². The largest absolute Gasteiger partial charge is 0.493 e. The van der Waals surface area contributed by atoms with E-state index in [0.717, 1.165) is 28.0 Å². The van der Waals surface area contributed by atoms with E-state index in [0.29, 0.717) is 13.2 Å². The fourth-order valence-corrected chi connectivity index (χ4v) is 2.98. The Morgan fingerprint density at radius 2 is 2.21 bits per heavy atom. The topological polar surface area (TPSA) is 44.5 Å². The van der Waals surface area contributed by atoms with Crippen molar-refractivity contribution in [1.29, 1.82) is 0 Å². The molecule has 0 unspecified atom stereocenters. The second kappa shape index (κ2) is 6.93. The van der Waals surface area contributed by atoms with Crippen molar-refractivity contribution in [2.24, 2.45) is 5.73 Å². The molecule has 0 fully saturated rings. The zero-order valence-corrected chi connectivity index (χ0v) is 13.1. The van der Waals surface area contributed by atoms with E-state index < -0.39 is 0 Å². The van der Waals surface area contributed by atoms with Gasteiger partial charge in [0.25, 0.3) is 0 Å². The van der Waals surface area contributed by atoms with Crippen molar-refractivity contribution < 1.29 is 9.47 Å². The van der Waals surface area contributed by atoms with Gasteiger partial charge in [-0.25, -0.2) is 0 Å². The maximum atomic E-state index is 5.84. The molecule has 0 spiro atoms. The maximum Gasteiger partial charge on any atom is 0.175 e. The van der Waals surface area contributed by atoms with E-state index in [1.807, 2.05) is 29.6 Å². The summed E-state index contributed by atoms with van der Waals surface area (Å²) < 4.78 is 12.1. The number of thiophene rings is 1. The van der Waals surface area contributed by atoms with Crippen molar-refractivity contribution in [2.45, 2.75) is 13.0 Å². The molecule has 3 nitrogen and oxygen atoms in total. The van der Waals surface area contributed by atoms with Gasteiger partial charge in [0.2, 0.25) is 0 Å². The van der Waals surface area contributed by atoms with Crippen molar-refractivity contribution in [3.63, 3.8) is 0 Å². The van der Waals surface area contributed by atoms with Gasteiger partial charge in [-0.3, -0.25) is 0 Å². The molecule has 0 amide bonds. The number of hydrogen-bond donors (Lipinski definition) is 1. The molecule has 1 aromatic heterocycles. The molecule has 2 N–H and O–H groups in total. The molecule has 0 atom stereocenters. The smallest absolute Gasteiger partial charge is 0.175 e. The van der Waals surface area contributed by atoms with Crippen molar-refractivity contribution in [3.05, 3.63) is 44.6 Å². The summed E-state index contributed by atoms with van der Waals surface area (Å²) in [4.78, 5) is 1.18. The summed E-state index contributed by atoms with van der Waals surface area (Å²) in [7, 11) is 1.64. The molecule has 0 bridgehead atoms.